The van der Waals surface area contributed by atoms with Crippen molar-refractivity contribution in [3.63, 3.8) is 0 Å². The van der Waals surface area contributed by atoms with Crippen molar-refractivity contribution in [1.29, 1.82) is 0 Å². The number of carbonyl (C=O) groups is 1. The first-order valence-electron chi connectivity index (χ1n) is 5.26. The predicted octanol–water partition coefficient (Wildman–Crippen LogP) is 1.17. The zero-order valence-electron chi connectivity index (χ0n) is 9.00. The number of carbonyl (C=O) groups excluding carboxylic acids is 1. The van der Waals surface area contributed by atoms with Gasteiger partial charge in [-0.15, -0.1) is 11.6 Å². The maximum Gasteiger partial charge on any atom is 0.240 e. The fourth-order valence-corrected chi connectivity index (χ4v) is 1.78. The Morgan fingerprint density at radius 3 is 2.71 bits per heavy atom. The Labute approximate surface area is 91.0 Å². The van der Waals surface area contributed by atoms with Crippen LogP contribution in [-0.4, -0.2) is 54.3 Å². The highest BCUT2D eigenvalue weighted by Crippen LogP contribution is 2.09. The van der Waals surface area contributed by atoms with Gasteiger partial charge in [0.15, 0.2) is 0 Å². The normalized spacial score (nSPS) is 21.8. The van der Waals surface area contributed by atoms with Gasteiger partial charge in [-0.3, -0.25) is 4.79 Å². The molecule has 1 saturated heterocycles. The summed E-state index contributed by atoms with van der Waals surface area (Å²) in [5.74, 6) is 0.101. The van der Waals surface area contributed by atoms with Crippen molar-refractivity contribution in [3.8, 4) is 0 Å². The van der Waals surface area contributed by atoms with Crippen molar-refractivity contribution in [2.24, 2.45) is 0 Å². The molecule has 0 N–H and O–H groups in total. The maximum absolute atomic E-state index is 11.8. The number of rotatable bonds is 2. The van der Waals surface area contributed by atoms with E-state index in [1.165, 1.54) is 0 Å². The molecule has 1 heterocycles. The van der Waals surface area contributed by atoms with E-state index in [1.807, 2.05) is 11.8 Å². The molecule has 0 bridgehead atoms. The number of alkyl halides is 1. The molecule has 0 aliphatic carbocycles. The molecule has 1 rings (SSSR count). The summed E-state index contributed by atoms with van der Waals surface area (Å²) in [6.07, 6.45) is 1.77. The average molecular weight is 219 g/mol. The molecule has 1 aliphatic rings. The lowest BCUT2D eigenvalue weighted by molar-refractivity contribution is -0.130. The summed E-state index contributed by atoms with van der Waals surface area (Å²) >= 11 is 5.93. The minimum absolute atomic E-state index is 0.101. The lowest BCUT2D eigenvalue weighted by Crippen LogP contribution is -2.39. The number of halogens is 1. The minimum atomic E-state index is -0.335. The van der Waals surface area contributed by atoms with Gasteiger partial charge >= 0.3 is 0 Å². The van der Waals surface area contributed by atoms with Gasteiger partial charge in [0.1, 0.15) is 5.38 Å². The number of hydrogen-bond acceptors (Lipinski definition) is 2. The molecule has 0 saturated carbocycles. The second-order valence-corrected chi connectivity index (χ2v) is 4.38. The molecule has 0 aromatic heterocycles. The van der Waals surface area contributed by atoms with E-state index >= 15 is 0 Å². The fraction of sp³-hybridized carbons (Fsp3) is 0.900. The lowest BCUT2D eigenvalue weighted by atomic mass is 10.3. The zero-order valence-corrected chi connectivity index (χ0v) is 9.76. The molecule has 1 unspecified atom stereocenters. The topological polar surface area (TPSA) is 23.6 Å². The fourth-order valence-electron chi connectivity index (χ4n) is 1.64. The molecule has 1 fully saturated rings. The maximum atomic E-state index is 11.8. The molecule has 4 heteroatoms. The van der Waals surface area contributed by atoms with Gasteiger partial charge in [0.25, 0.3) is 0 Å². The van der Waals surface area contributed by atoms with E-state index in [0.717, 1.165) is 32.6 Å². The molecule has 0 aromatic carbocycles. The van der Waals surface area contributed by atoms with E-state index in [0.29, 0.717) is 6.42 Å². The first-order chi connectivity index (χ1) is 6.65. The van der Waals surface area contributed by atoms with Crippen LogP contribution in [0.3, 0.4) is 0 Å². The Morgan fingerprint density at radius 1 is 1.36 bits per heavy atom. The molecule has 82 valence electrons. The quantitative estimate of drug-likeness (QED) is 0.650. The number of hydrogen-bond donors (Lipinski definition) is 0. The highest BCUT2D eigenvalue weighted by Gasteiger charge is 2.22. The van der Waals surface area contributed by atoms with E-state index in [1.54, 1.807) is 0 Å². The van der Waals surface area contributed by atoms with Crippen molar-refractivity contribution in [1.82, 2.24) is 9.80 Å². The van der Waals surface area contributed by atoms with E-state index in [2.05, 4.69) is 11.9 Å². The smallest absolute Gasteiger partial charge is 0.240 e. The first kappa shape index (κ1) is 11.8. The van der Waals surface area contributed by atoms with Gasteiger partial charge < -0.3 is 9.80 Å². The third-order valence-corrected chi connectivity index (χ3v) is 3.15. The van der Waals surface area contributed by atoms with Crippen LogP contribution in [0.2, 0.25) is 0 Å². The largest absolute Gasteiger partial charge is 0.340 e. The van der Waals surface area contributed by atoms with Gasteiger partial charge in [-0.25, -0.2) is 0 Å². The van der Waals surface area contributed by atoms with Gasteiger partial charge in [-0.2, -0.15) is 0 Å². The van der Waals surface area contributed by atoms with Gasteiger partial charge in [-0.1, -0.05) is 6.92 Å². The zero-order chi connectivity index (χ0) is 10.6. The average Bonchev–Trinajstić information content (AvgIpc) is 2.40. The third kappa shape index (κ3) is 3.14. The minimum Gasteiger partial charge on any atom is -0.340 e. The van der Waals surface area contributed by atoms with Crippen molar-refractivity contribution >= 4 is 17.5 Å². The molecule has 3 nitrogen and oxygen atoms in total. The van der Waals surface area contributed by atoms with Gasteiger partial charge in [0, 0.05) is 19.6 Å². The Kier molecular flexibility index (Phi) is 4.69. The standard InChI is InChI=1S/C10H19ClN2O/c1-3-9(11)10(14)13-6-4-5-12(2)7-8-13/h9H,3-8H2,1-2H3. The molecular weight excluding hydrogens is 200 g/mol. The molecule has 0 aromatic rings. The Morgan fingerprint density at radius 2 is 2.07 bits per heavy atom. The summed E-state index contributed by atoms with van der Waals surface area (Å²) in [6, 6.07) is 0. The van der Waals surface area contributed by atoms with Crippen molar-refractivity contribution in [2.45, 2.75) is 25.1 Å². The van der Waals surface area contributed by atoms with E-state index in [4.69, 9.17) is 11.6 Å². The number of nitrogens with zero attached hydrogens (tertiary/aromatic N) is 2. The van der Waals surface area contributed by atoms with Gasteiger partial charge in [0.05, 0.1) is 0 Å². The lowest BCUT2D eigenvalue weighted by Gasteiger charge is -2.22. The van der Waals surface area contributed by atoms with E-state index in [9.17, 15) is 4.79 Å². The molecule has 14 heavy (non-hydrogen) atoms. The summed E-state index contributed by atoms with van der Waals surface area (Å²) in [4.78, 5) is 15.9. The Bertz CT molecular complexity index is 199. The molecular formula is C10H19ClN2O. The van der Waals surface area contributed by atoms with Crippen LogP contribution < -0.4 is 0 Å². The van der Waals surface area contributed by atoms with Crippen LogP contribution in [0.15, 0.2) is 0 Å². The van der Waals surface area contributed by atoms with Crippen LogP contribution in [-0.2, 0) is 4.79 Å². The van der Waals surface area contributed by atoms with Gasteiger partial charge in [0.2, 0.25) is 5.91 Å². The summed E-state index contributed by atoms with van der Waals surface area (Å²) in [6.45, 7) is 5.65. The monoisotopic (exact) mass is 218 g/mol. The van der Waals surface area contributed by atoms with Gasteiger partial charge in [-0.05, 0) is 26.4 Å². The predicted molar refractivity (Wildman–Crippen MR) is 58.6 cm³/mol. The van der Waals surface area contributed by atoms with Crippen LogP contribution in [0.1, 0.15) is 19.8 Å². The Balaban J connectivity index is 2.47. The molecule has 1 amide bonds. The van der Waals surface area contributed by atoms with Crippen molar-refractivity contribution < 1.29 is 4.79 Å². The van der Waals surface area contributed by atoms with E-state index < -0.39 is 0 Å². The highest BCUT2D eigenvalue weighted by atomic mass is 35.5. The van der Waals surface area contributed by atoms with Crippen LogP contribution >= 0.6 is 11.6 Å². The van der Waals surface area contributed by atoms with Crippen molar-refractivity contribution in [2.75, 3.05) is 33.2 Å². The second-order valence-electron chi connectivity index (χ2n) is 3.86. The first-order valence-corrected chi connectivity index (χ1v) is 5.70. The van der Waals surface area contributed by atoms with Crippen LogP contribution in [0.25, 0.3) is 0 Å². The molecule has 0 radical (unpaired) electrons. The van der Waals surface area contributed by atoms with Crippen molar-refractivity contribution in [3.05, 3.63) is 0 Å². The molecule has 1 atom stereocenters. The summed E-state index contributed by atoms with van der Waals surface area (Å²) in [7, 11) is 2.09. The summed E-state index contributed by atoms with van der Waals surface area (Å²) < 4.78 is 0. The highest BCUT2D eigenvalue weighted by molar-refractivity contribution is 6.30. The summed E-state index contributed by atoms with van der Waals surface area (Å²) in [5.41, 5.74) is 0. The Hall–Kier alpha value is -0.280. The molecule has 0 spiro atoms. The summed E-state index contributed by atoms with van der Waals surface area (Å²) in [5, 5.41) is -0.335. The molecule has 1 aliphatic heterocycles. The number of amides is 1. The van der Waals surface area contributed by atoms with Crippen LogP contribution in [0.5, 0.6) is 0 Å². The second kappa shape index (κ2) is 5.56. The number of likely N-dealkylation sites (N-methyl/N-ethyl adjacent to an activating group) is 1. The third-order valence-electron chi connectivity index (χ3n) is 2.66. The van der Waals surface area contributed by atoms with Crippen LogP contribution in [0.4, 0.5) is 0 Å². The van der Waals surface area contributed by atoms with E-state index in [-0.39, 0.29) is 11.3 Å². The SMILES string of the molecule is CCC(Cl)C(=O)N1CCCN(C)CC1. The van der Waals surface area contributed by atoms with Crippen LogP contribution in [0, 0.1) is 0 Å².